The maximum absolute atomic E-state index is 11.5. The van der Waals surface area contributed by atoms with Crippen LogP contribution >= 0.6 is 11.6 Å². The number of ketones is 1. The topological polar surface area (TPSA) is 40.9 Å². The van der Waals surface area contributed by atoms with E-state index in [-0.39, 0.29) is 5.78 Å². The molecule has 12 heavy (non-hydrogen) atoms. The van der Waals surface area contributed by atoms with E-state index in [0.717, 1.165) is 12.8 Å². The van der Waals surface area contributed by atoms with Gasteiger partial charge in [-0.2, -0.15) is 5.26 Å². The Kier molecular flexibility index (Phi) is 3.11. The Labute approximate surface area is 77.5 Å². The highest BCUT2D eigenvalue weighted by atomic mass is 35.5. The van der Waals surface area contributed by atoms with Gasteiger partial charge in [0.2, 0.25) is 0 Å². The molecule has 66 valence electrons. The molecule has 0 heterocycles. The molecular formula is C9H12ClNO. The monoisotopic (exact) mass is 185 g/mol. The van der Waals surface area contributed by atoms with E-state index in [4.69, 9.17) is 16.9 Å². The SMILES string of the molecule is N#CC1(CCCl)CCCCC1=O. The summed E-state index contributed by atoms with van der Waals surface area (Å²) in [7, 11) is 0. The highest BCUT2D eigenvalue weighted by Crippen LogP contribution is 2.35. The van der Waals surface area contributed by atoms with Crippen molar-refractivity contribution in [1.82, 2.24) is 0 Å². The van der Waals surface area contributed by atoms with E-state index >= 15 is 0 Å². The zero-order valence-electron chi connectivity index (χ0n) is 6.98. The Balaban J connectivity index is 2.75. The Morgan fingerprint density at radius 2 is 2.33 bits per heavy atom. The van der Waals surface area contributed by atoms with Gasteiger partial charge >= 0.3 is 0 Å². The van der Waals surface area contributed by atoms with Gasteiger partial charge in [-0.3, -0.25) is 4.79 Å². The van der Waals surface area contributed by atoms with Crippen LogP contribution in [0.5, 0.6) is 0 Å². The summed E-state index contributed by atoms with van der Waals surface area (Å²) < 4.78 is 0. The lowest BCUT2D eigenvalue weighted by atomic mass is 9.72. The third-order valence-electron chi connectivity index (χ3n) is 2.53. The predicted octanol–water partition coefficient (Wildman–Crippen LogP) is 2.27. The number of Topliss-reactive ketones (excluding diaryl/α,β-unsaturated/α-hetero) is 1. The highest BCUT2D eigenvalue weighted by molar-refractivity contribution is 6.18. The van der Waals surface area contributed by atoms with E-state index in [1.807, 2.05) is 0 Å². The van der Waals surface area contributed by atoms with Crippen molar-refractivity contribution in [2.24, 2.45) is 5.41 Å². The molecule has 1 saturated carbocycles. The normalized spacial score (nSPS) is 29.8. The minimum atomic E-state index is -0.736. The largest absolute Gasteiger partial charge is 0.298 e. The molecule has 0 saturated heterocycles. The van der Waals surface area contributed by atoms with E-state index in [1.54, 1.807) is 0 Å². The first kappa shape index (κ1) is 9.54. The molecule has 2 nitrogen and oxygen atoms in total. The summed E-state index contributed by atoms with van der Waals surface area (Å²) in [5.41, 5.74) is -0.736. The number of halogens is 1. The maximum Gasteiger partial charge on any atom is 0.153 e. The van der Waals surface area contributed by atoms with Crippen LogP contribution in [0.25, 0.3) is 0 Å². The molecule has 0 bridgehead atoms. The molecule has 1 atom stereocenters. The third-order valence-corrected chi connectivity index (χ3v) is 2.72. The quantitative estimate of drug-likeness (QED) is 0.620. The van der Waals surface area contributed by atoms with Crippen LogP contribution in [-0.2, 0) is 4.79 Å². The first-order valence-corrected chi connectivity index (χ1v) is 4.79. The summed E-state index contributed by atoms with van der Waals surface area (Å²) >= 11 is 5.57. The number of carbonyl (C=O) groups is 1. The summed E-state index contributed by atoms with van der Waals surface area (Å²) in [5, 5.41) is 8.91. The molecule has 0 radical (unpaired) electrons. The lowest BCUT2D eigenvalue weighted by Crippen LogP contribution is -2.33. The smallest absolute Gasteiger partial charge is 0.153 e. The lowest BCUT2D eigenvalue weighted by molar-refractivity contribution is -0.128. The van der Waals surface area contributed by atoms with E-state index in [9.17, 15) is 4.79 Å². The number of nitrogens with zero attached hydrogens (tertiary/aromatic N) is 1. The molecule has 0 amide bonds. The molecule has 1 aliphatic carbocycles. The number of nitriles is 1. The number of rotatable bonds is 2. The van der Waals surface area contributed by atoms with Gasteiger partial charge in [-0.25, -0.2) is 0 Å². The molecule has 0 spiro atoms. The van der Waals surface area contributed by atoms with Gasteiger partial charge in [-0.15, -0.1) is 11.6 Å². The molecule has 3 heteroatoms. The summed E-state index contributed by atoms with van der Waals surface area (Å²) in [6, 6.07) is 2.13. The summed E-state index contributed by atoms with van der Waals surface area (Å²) in [6.45, 7) is 0. The molecule has 1 rings (SSSR count). The van der Waals surface area contributed by atoms with Gasteiger partial charge in [0.15, 0.2) is 5.78 Å². The van der Waals surface area contributed by atoms with Crippen LogP contribution < -0.4 is 0 Å². The molecule has 0 aromatic heterocycles. The van der Waals surface area contributed by atoms with Crippen LogP contribution in [0.1, 0.15) is 32.1 Å². The fourth-order valence-corrected chi connectivity index (χ4v) is 2.01. The van der Waals surface area contributed by atoms with Crippen LogP contribution in [-0.4, -0.2) is 11.7 Å². The van der Waals surface area contributed by atoms with Crippen molar-refractivity contribution >= 4 is 17.4 Å². The highest BCUT2D eigenvalue weighted by Gasteiger charge is 2.39. The Morgan fingerprint density at radius 3 is 2.83 bits per heavy atom. The summed E-state index contributed by atoms with van der Waals surface area (Å²) in [4.78, 5) is 11.5. The first-order chi connectivity index (χ1) is 5.75. The van der Waals surface area contributed by atoms with E-state index in [2.05, 4.69) is 6.07 Å². The molecule has 1 fully saturated rings. The molecule has 0 aromatic carbocycles. The maximum atomic E-state index is 11.5. The lowest BCUT2D eigenvalue weighted by Gasteiger charge is -2.28. The average molecular weight is 186 g/mol. The van der Waals surface area contributed by atoms with Crippen molar-refractivity contribution in [1.29, 1.82) is 5.26 Å². The first-order valence-electron chi connectivity index (χ1n) is 4.26. The molecule has 0 aromatic rings. The second-order valence-electron chi connectivity index (χ2n) is 3.26. The number of carbonyl (C=O) groups excluding carboxylic acids is 1. The zero-order chi connectivity index (χ0) is 9.03. The van der Waals surface area contributed by atoms with Crippen molar-refractivity contribution in [3.8, 4) is 6.07 Å². The number of hydrogen-bond donors (Lipinski definition) is 0. The van der Waals surface area contributed by atoms with Gasteiger partial charge < -0.3 is 0 Å². The van der Waals surface area contributed by atoms with Crippen molar-refractivity contribution in [2.75, 3.05) is 5.88 Å². The standard InChI is InChI=1S/C9H12ClNO/c10-6-5-9(7-11)4-2-1-3-8(9)12/h1-6H2. The Morgan fingerprint density at radius 1 is 1.58 bits per heavy atom. The van der Waals surface area contributed by atoms with Crippen molar-refractivity contribution in [2.45, 2.75) is 32.1 Å². The van der Waals surface area contributed by atoms with Crippen LogP contribution in [0.2, 0.25) is 0 Å². The number of alkyl halides is 1. The minimum Gasteiger partial charge on any atom is -0.298 e. The van der Waals surface area contributed by atoms with Crippen LogP contribution in [0, 0.1) is 16.7 Å². The van der Waals surface area contributed by atoms with Gasteiger partial charge in [0.1, 0.15) is 5.41 Å². The summed E-state index contributed by atoms with van der Waals surface area (Å²) in [6.07, 6.45) is 3.70. The molecule has 0 aliphatic heterocycles. The second-order valence-corrected chi connectivity index (χ2v) is 3.64. The Hall–Kier alpha value is -0.550. The summed E-state index contributed by atoms with van der Waals surface area (Å²) in [5.74, 6) is 0.496. The Bertz CT molecular complexity index is 217. The molecular weight excluding hydrogens is 174 g/mol. The van der Waals surface area contributed by atoms with Crippen LogP contribution in [0.15, 0.2) is 0 Å². The van der Waals surface area contributed by atoms with Crippen molar-refractivity contribution < 1.29 is 4.79 Å². The van der Waals surface area contributed by atoms with Crippen LogP contribution in [0.3, 0.4) is 0 Å². The average Bonchev–Trinajstić information content (AvgIpc) is 2.10. The number of hydrogen-bond acceptors (Lipinski definition) is 2. The van der Waals surface area contributed by atoms with Crippen LogP contribution in [0.4, 0.5) is 0 Å². The fraction of sp³-hybridized carbons (Fsp3) is 0.778. The zero-order valence-corrected chi connectivity index (χ0v) is 7.73. The van der Waals surface area contributed by atoms with Gasteiger partial charge in [0.05, 0.1) is 6.07 Å². The van der Waals surface area contributed by atoms with Gasteiger partial charge in [0, 0.05) is 12.3 Å². The van der Waals surface area contributed by atoms with Gasteiger partial charge in [0.25, 0.3) is 0 Å². The van der Waals surface area contributed by atoms with E-state index in [0.29, 0.717) is 25.1 Å². The second kappa shape index (κ2) is 3.91. The molecule has 1 aliphatic rings. The van der Waals surface area contributed by atoms with Crippen molar-refractivity contribution in [3.63, 3.8) is 0 Å². The van der Waals surface area contributed by atoms with E-state index in [1.165, 1.54) is 0 Å². The molecule has 0 N–H and O–H groups in total. The predicted molar refractivity (Wildman–Crippen MR) is 46.9 cm³/mol. The van der Waals surface area contributed by atoms with Gasteiger partial charge in [-0.05, 0) is 19.3 Å². The van der Waals surface area contributed by atoms with Crippen molar-refractivity contribution in [3.05, 3.63) is 0 Å². The third kappa shape index (κ3) is 1.61. The fourth-order valence-electron chi connectivity index (χ4n) is 1.69. The van der Waals surface area contributed by atoms with Gasteiger partial charge in [-0.1, -0.05) is 6.42 Å². The van der Waals surface area contributed by atoms with E-state index < -0.39 is 5.41 Å². The molecule has 1 unspecified atom stereocenters. The minimum absolute atomic E-state index is 0.0944.